The summed E-state index contributed by atoms with van der Waals surface area (Å²) in [5.74, 6) is 0.995. The van der Waals surface area contributed by atoms with E-state index in [-0.39, 0.29) is 12.5 Å². The highest BCUT2D eigenvalue weighted by molar-refractivity contribution is 14.1. The number of hydrogen-bond donors (Lipinski definition) is 0. The van der Waals surface area contributed by atoms with E-state index < -0.39 is 0 Å². The number of carbonyl (C=O) groups is 1. The molecule has 5 heteroatoms. The summed E-state index contributed by atoms with van der Waals surface area (Å²) in [6, 6.07) is 0.474. The van der Waals surface area contributed by atoms with Crippen LogP contribution in [0.1, 0.15) is 25.7 Å². The molecule has 1 saturated heterocycles. The van der Waals surface area contributed by atoms with Gasteiger partial charge in [-0.15, -0.1) is 0 Å². The molecule has 0 aromatic rings. The van der Waals surface area contributed by atoms with Crippen LogP contribution in [0.15, 0.2) is 0 Å². The van der Waals surface area contributed by atoms with Crippen molar-refractivity contribution in [3.63, 3.8) is 0 Å². The first-order valence-corrected chi connectivity index (χ1v) is 7.37. The second-order valence-corrected chi connectivity index (χ2v) is 6.75. The zero-order valence-corrected chi connectivity index (χ0v) is 12.6. The highest BCUT2D eigenvalue weighted by Gasteiger charge is 2.30. The van der Waals surface area contributed by atoms with Crippen molar-refractivity contribution >= 4 is 28.8 Å². The summed E-state index contributed by atoms with van der Waals surface area (Å²) in [4.78, 5) is 13.8. The Kier molecular flexibility index (Phi) is 5.05. The van der Waals surface area contributed by atoms with Gasteiger partial charge >= 0.3 is 0 Å². The fraction of sp³-hybridized carbons (Fsp3) is 0.917. The molecular formula is C12H21IN2O2. The van der Waals surface area contributed by atoms with Crippen LogP contribution in [-0.2, 0) is 9.53 Å². The van der Waals surface area contributed by atoms with Gasteiger partial charge in [0.25, 0.3) is 0 Å². The van der Waals surface area contributed by atoms with Crippen LogP contribution in [0.4, 0.5) is 0 Å². The number of amides is 1. The average molecular weight is 352 g/mol. The predicted octanol–water partition coefficient (Wildman–Crippen LogP) is 1.69. The zero-order chi connectivity index (χ0) is 12.3. The molecule has 98 valence electrons. The molecule has 0 aromatic heterocycles. The van der Waals surface area contributed by atoms with E-state index in [0.29, 0.717) is 12.6 Å². The fourth-order valence-electron chi connectivity index (χ4n) is 2.91. The average Bonchev–Trinajstić information content (AvgIpc) is 2.30. The van der Waals surface area contributed by atoms with Gasteiger partial charge in [-0.2, -0.15) is 0 Å². The number of hydrogen-bond acceptors (Lipinski definition) is 3. The molecule has 4 nitrogen and oxygen atoms in total. The van der Waals surface area contributed by atoms with Crippen molar-refractivity contribution in [2.45, 2.75) is 31.7 Å². The lowest BCUT2D eigenvalue weighted by molar-refractivity contribution is -0.146. The molecule has 1 amide bonds. The van der Waals surface area contributed by atoms with Crippen molar-refractivity contribution in [2.75, 3.05) is 33.4 Å². The van der Waals surface area contributed by atoms with E-state index in [9.17, 15) is 4.79 Å². The minimum atomic E-state index is 0.186. The summed E-state index contributed by atoms with van der Waals surface area (Å²) < 4.78 is 7.42. The maximum absolute atomic E-state index is 11.7. The van der Waals surface area contributed by atoms with Crippen LogP contribution in [0.2, 0.25) is 0 Å². The third-order valence-corrected chi connectivity index (χ3v) is 4.18. The lowest BCUT2D eigenvalue weighted by Crippen LogP contribution is -2.49. The van der Waals surface area contributed by atoms with E-state index in [1.807, 2.05) is 4.90 Å². The van der Waals surface area contributed by atoms with Gasteiger partial charge in [0, 0.05) is 42.0 Å². The van der Waals surface area contributed by atoms with Gasteiger partial charge in [0.15, 0.2) is 0 Å². The van der Waals surface area contributed by atoms with Crippen LogP contribution < -0.4 is 0 Å². The summed E-state index contributed by atoms with van der Waals surface area (Å²) in [7, 11) is 2.12. The first kappa shape index (κ1) is 13.5. The molecular weight excluding hydrogens is 331 g/mol. The van der Waals surface area contributed by atoms with Gasteiger partial charge in [-0.3, -0.25) is 7.91 Å². The van der Waals surface area contributed by atoms with Gasteiger partial charge < -0.3 is 9.64 Å². The fourth-order valence-corrected chi connectivity index (χ4v) is 3.47. The summed E-state index contributed by atoms with van der Waals surface area (Å²) in [6.07, 6.45) is 4.84. The van der Waals surface area contributed by atoms with E-state index in [1.165, 1.54) is 32.2 Å². The molecule has 0 unspecified atom stereocenters. The van der Waals surface area contributed by atoms with Gasteiger partial charge in [-0.05, 0) is 38.6 Å². The van der Waals surface area contributed by atoms with Crippen LogP contribution in [-0.4, -0.2) is 53.3 Å². The zero-order valence-electron chi connectivity index (χ0n) is 10.4. The third-order valence-electron chi connectivity index (χ3n) is 3.79. The highest BCUT2D eigenvalue weighted by Crippen LogP contribution is 2.29. The first-order valence-electron chi connectivity index (χ1n) is 6.41. The second-order valence-electron chi connectivity index (χ2n) is 5.10. The first-order chi connectivity index (χ1) is 8.16. The summed E-state index contributed by atoms with van der Waals surface area (Å²) in [6.45, 7) is 2.96. The van der Waals surface area contributed by atoms with Crippen molar-refractivity contribution in [3.8, 4) is 0 Å². The minimum Gasteiger partial charge on any atom is -0.370 e. The van der Waals surface area contributed by atoms with Gasteiger partial charge in [0.05, 0.1) is 6.61 Å². The maximum atomic E-state index is 11.7. The van der Waals surface area contributed by atoms with Gasteiger partial charge in [-0.25, -0.2) is 0 Å². The SMILES string of the molecule is CN(I)CC1CCC(N2CCOCC2=O)CC1. The number of halogens is 1. The maximum Gasteiger partial charge on any atom is 0.248 e. The van der Waals surface area contributed by atoms with Crippen LogP contribution in [0.5, 0.6) is 0 Å². The lowest BCUT2D eigenvalue weighted by Gasteiger charge is -2.39. The summed E-state index contributed by atoms with van der Waals surface area (Å²) in [5.41, 5.74) is 0. The Morgan fingerprint density at radius 3 is 2.71 bits per heavy atom. The van der Waals surface area contributed by atoms with E-state index in [1.54, 1.807) is 0 Å². The lowest BCUT2D eigenvalue weighted by atomic mass is 9.85. The Balaban J connectivity index is 1.80. The molecule has 1 saturated carbocycles. The number of rotatable bonds is 3. The van der Waals surface area contributed by atoms with Crippen LogP contribution in [0.25, 0.3) is 0 Å². The van der Waals surface area contributed by atoms with Gasteiger partial charge in [0.1, 0.15) is 6.61 Å². The molecule has 2 fully saturated rings. The van der Waals surface area contributed by atoms with Crippen molar-refractivity contribution in [3.05, 3.63) is 0 Å². The van der Waals surface area contributed by atoms with Crippen molar-refractivity contribution in [1.29, 1.82) is 0 Å². The Labute approximate surface area is 117 Å². The second kappa shape index (κ2) is 6.33. The standard InChI is InChI=1S/C12H21IN2O2/c1-14(13)8-10-2-4-11(5-3-10)15-6-7-17-9-12(15)16/h10-11H,2-9H2,1H3. The molecule has 2 aliphatic rings. The predicted molar refractivity (Wildman–Crippen MR) is 74.9 cm³/mol. The molecule has 2 rings (SSSR count). The van der Waals surface area contributed by atoms with Crippen LogP contribution >= 0.6 is 22.9 Å². The normalized spacial score (nSPS) is 31.0. The number of nitrogens with zero attached hydrogens (tertiary/aromatic N) is 2. The molecule has 0 aromatic carbocycles. The Bertz CT molecular complexity index is 265. The Morgan fingerprint density at radius 1 is 1.41 bits per heavy atom. The largest absolute Gasteiger partial charge is 0.370 e. The quantitative estimate of drug-likeness (QED) is 0.573. The molecule has 0 atom stereocenters. The van der Waals surface area contributed by atoms with Crippen LogP contribution in [0, 0.1) is 5.92 Å². The minimum absolute atomic E-state index is 0.186. The molecule has 0 radical (unpaired) electrons. The number of morpholine rings is 1. The highest BCUT2D eigenvalue weighted by atomic mass is 127. The van der Waals surface area contributed by atoms with E-state index >= 15 is 0 Å². The molecule has 0 bridgehead atoms. The Hall–Kier alpha value is 0.120. The monoisotopic (exact) mass is 352 g/mol. The van der Waals surface area contributed by atoms with Crippen molar-refractivity contribution < 1.29 is 9.53 Å². The van der Waals surface area contributed by atoms with E-state index in [4.69, 9.17) is 4.74 Å². The number of carbonyl (C=O) groups excluding carboxylic acids is 1. The van der Waals surface area contributed by atoms with E-state index in [2.05, 4.69) is 33.0 Å². The van der Waals surface area contributed by atoms with E-state index in [0.717, 1.165) is 12.5 Å². The third kappa shape index (κ3) is 3.79. The summed E-state index contributed by atoms with van der Waals surface area (Å²) in [5, 5.41) is 0. The van der Waals surface area contributed by atoms with Crippen LogP contribution in [0.3, 0.4) is 0 Å². The molecule has 0 N–H and O–H groups in total. The Morgan fingerprint density at radius 2 is 2.12 bits per heavy atom. The smallest absolute Gasteiger partial charge is 0.248 e. The summed E-state index contributed by atoms with van der Waals surface area (Å²) >= 11 is 2.35. The number of ether oxygens (including phenoxy) is 1. The van der Waals surface area contributed by atoms with Crippen molar-refractivity contribution in [2.24, 2.45) is 5.92 Å². The molecule has 17 heavy (non-hydrogen) atoms. The van der Waals surface area contributed by atoms with Gasteiger partial charge in [0.2, 0.25) is 5.91 Å². The molecule has 1 aliphatic carbocycles. The molecule has 1 heterocycles. The molecule has 1 aliphatic heterocycles. The molecule has 0 spiro atoms. The topological polar surface area (TPSA) is 32.8 Å². The van der Waals surface area contributed by atoms with Crippen molar-refractivity contribution in [1.82, 2.24) is 8.01 Å². The van der Waals surface area contributed by atoms with Gasteiger partial charge in [-0.1, -0.05) is 0 Å².